The molecule has 0 atom stereocenters. The van der Waals surface area contributed by atoms with Crippen molar-refractivity contribution in [1.29, 1.82) is 5.41 Å². The third-order valence-corrected chi connectivity index (χ3v) is 1.84. The number of nitrogens with one attached hydrogen (secondary N) is 1. The third-order valence-electron chi connectivity index (χ3n) is 1.84. The molecule has 0 radical (unpaired) electrons. The van der Waals surface area contributed by atoms with E-state index in [1.807, 2.05) is 18.6 Å². The average Bonchev–Trinajstić information content (AvgIpc) is 2.13. The summed E-state index contributed by atoms with van der Waals surface area (Å²) in [6.45, 7) is 0.965. The molecule has 1 aliphatic rings. The number of methoxy groups -OCH3 is 2. The van der Waals surface area contributed by atoms with E-state index in [-0.39, 0.29) is 0 Å². The summed E-state index contributed by atoms with van der Waals surface area (Å²) in [4.78, 5) is 0. The monoisotopic (exact) mass is 180 g/mol. The molecule has 1 N–H and O–H groups in total. The third kappa shape index (κ3) is 2.44. The van der Waals surface area contributed by atoms with Crippen molar-refractivity contribution >= 4 is 5.71 Å². The number of ether oxygens (including phenoxy) is 2. The van der Waals surface area contributed by atoms with Gasteiger partial charge in [-0.25, -0.2) is 0 Å². The van der Waals surface area contributed by atoms with E-state index in [2.05, 4.69) is 0 Å². The van der Waals surface area contributed by atoms with E-state index in [1.165, 1.54) is 0 Å². The molecule has 70 valence electrons. The molecule has 0 fully saturated rings. The first-order valence-electron chi connectivity index (χ1n) is 4.09. The molecule has 0 amide bonds. The molecule has 0 aromatic heterocycles. The highest BCUT2D eigenvalue weighted by molar-refractivity contribution is 6.12. The first-order valence-corrected chi connectivity index (χ1v) is 4.09. The van der Waals surface area contributed by atoms with Gasteiger partial charge < -0.3 is 9.47 Å². The minimum absolute atomic E-state index is 0.483. The first-order chi connectivity index (χ1) is 6.29. The quantitative estimate of drug-likeness (QED) is 0.664. The average molecular weight is 180 g/mol. The molecule has 0 heterocycles. The molecule has 1 rings (SSSR count). The lowest BCUT2D eigenvalue weighted by molar-refractivity contribution is 0.225. The lowest BCUT2D eigenvalue weighted by Crippen LogP contribution is -2.16. The SMILES string of the molecule is COCC1=C[CH+]C=C(COC)C1=N. The summed E-state index contributed by atoms with van der Waals surface area (Å²) < 4.78 is 9.96. The van der Waals surface area contributed by atoms with Crippen LogP contribution >= 0.6 is 0 Å². The largest absolute Gasteiger partial charge is 0.366 e. The fourth-order valence-corrected chi connectivity index (χ4v) is 1.20. The molecule has 1 aliphatic carbocycles. The molecule has 0 unspecified atom stereocenters. The van der Waals surface area contributed by atoms with Crippen LogP contribution in [0, 0.1) is 11.8 Å². The second-order valence-electron chi connectivity index (χ2n) is 2.82. The molecule has 13 heavy (non-hydrogen) atoms. The van der Waals surface area contributed by atoms with Gasteiger partial charge in [0.2, 0.25) is 0 Å². The van der Waals surface area contributed by atoms with Crippen LogP contribution in [0.25, 0.3) is 0 Å². The van der Waals surface area contributed by atoms with Gasteiger partial charge in [0.25, 0.3) is 0 Å². The van der Waals surface area contributed by atoms with Crippen LogP contribution in [0.5, 0.6) is 0 Å². The molecule has 3 heteroatoms. The minimum Gasteiger partial charge on any atom is -0.366 e. The van der Waals surface area contributed by atoms with Gasteiger partial charge in [0.1, 0.15) is 24.4 Å². The second-order valence-corrected chi connectivity index (χ2v) is 2.82. The van der Waals surface area contributed by atoms with Gasteiger partial charge in [-0.3, -0.25) is 5.41 Å². The maximum absolute atomic E-state index is 7.79. The number of rotatable bonds is 4. The van der Waals surface area contributed by atoms with Crippen LogP contribution in [0.1, 0.15) is 0 Å². The summed E-state index contributed by atoms with van der Waals surface area (Å²) >= 11 is 0. The van der Waals surface area contributed by atoms with Gasteiger partial charge in [0.05, 0.1) is 12.2 Å². The van der Waals surface area contributed by atoms with Crippen molar-refractivity contribution in [3.05, 3.63) is 29.7 Å². The maximum Gasteiger partial charge on any atom is 0.176 e. The van der Waals surface area contributed by atoms with Crippen molar-refractivity contribution in [2.75, 3.05) is 27.4 Å². The molecule has 0 aromatic rings. The maximum atomic E-state index is 7.79. The van der Waals surface area contributed by atoms with Gasteiger partial charge in [0, 0.05) is 20.6 Å². The van der Waals surface area contributed by atoms with E-state index in [9.17, 15) is 0 Å². The summed E-state index contributed by atoms with van der Waals surface area (Å²) in [6.07, 6.45) is 5.71. The van der Waals surface area contributed by atoms with Crippen LogP contribution in [-0.4, -0.2) is 33.1 Å². The Morgan fingerprint density at radius 3 is 2.00 bits per heavy atom. The van der Waals surface area contributed by atoms with Crippen LogP contribution in [0.3, 0.4) is 0 Å². The van der Waals surface area contributed by atoms with Gasteiger partial charge in [-0.1, -0.05) is 0 Å². The normalized spacial score (nSPS) is 16.3. The standard InChI is InChI=1S/C10H14NO2/c1-12-6-8-4-3-5-9(7-13-2)10(8)11/h3-5,11H,6-7H2,1-2H3/q+1. The molecular formula is C10H14NO2+. The molecular weight excluding hydrogens is 166 g/mol. The van der Waals surface area contributed by atoms with Crippen molar-refractivity contribution in [2.24, 2.45) is 0 Å². The van der Waals surface area contributed by atoms with E-state index in [1.54, 1.807) is 14.2 Å². The van der Waals surface area contributed by atoms with Gasteiger partial charge >= 0.3 is 0 Å². The zero-order valence-corrected chi connectivity index (χ0v) is 7.96. The van der Waals surface area contributed by atoms with Crippen LogP contribution in [0.4, 0.5) is 0 Å². The van der Waals surface area contributed by atoms with Crippen LogP contribution in [0.15, 0.2) is 23.3 Å². The highest BCUT2D eigenvalue weighted by Gasteiger charge is 2.22. The summed E-state index contributed by atoms with van der Waals surface area (Å²) in [5.74, 6) is 0. The van der Waals surface area contributed by atoms with Crippen LogP contribution in [-0.2, 0) is 9.47 Å². The number of hydrogen-bond acceptors (Lipinski definition) is 3. The fourth-order valence-electron chi connectivity index (χ4n) is 1.20. The van der Waals surface area contributed by atoms with Crippen molar-refractivity contribution < 1.29 is 9.47 Å². The smallest absolute Gasteiger partial charge is 0.176 e. The Bertz CT molecular complexity index is 230. The zero-order valence-electron chi connectivity index (χ0n) is 7.96. The van der Waals surface area contributed by atoms with Gasteiger partial charge in [0.15, 0.2) is 5.71 Å². The highest BCUT2D eigenvalue weighted by atomic mass is 16.5. The summed E-state index contributed by atoms with van der Waals surface area (Å²) in [7, 11) is 3.25. The van der Waals surface area contributed by atoms with Crippen molar-refractivity contribution in [1.82, 2.24) is 0 Å². The van der Waals surface area contributed by atoms with Crippen molar-refractivity contribution in [3.8, 4) is 0 Å². The Hall–Kier alpha value is -1.06. The zero-order chi connectivity index (χ0) is 9.68. The van der Waals surface area contributed by atoms with E-state index in [0.717, 1.165) is 11.1 Å². The van der Waals surface area contributed by atoms with Gasteiger partial charge in [-0.2, -0.15) is 0 Å². The van der Waals surface area contributed by atoms with Crippen LogP contribution in [0.2, 0.25) is 0 Å². The Morgan fingerprint density at radius 2 is 1.62 bits per heavy atom. The predicted octanol–water partition coefficient (Wildman–Crippen LogP) is 1.37. The molecule has 0 spiro atoms. The van der Waals surface area contributed by atoms with E-state index in [0.29, 0.717) is 18.9 Å². The predicted molar refractivity (Wildman–Crippen MR) is 51.9 cm³/mol. The lowest BCUT2D eigenvalue weighted by atomic mass is 9.97. The Morgan fingerprint density at radius 1 is 1.15 bits per heavy atom. The van der Waals surface area contributed by atoms with Gasteiger partial charge in [-0.05, 0) is 0 Å². The number of allylic oxidation sites excluding steroid dienone is 2. The van der Waals surface area contributed by atoms with Crippen molar-refractivity contribution in [2.45, 2.75) is 0 Å². The van der Waals surface area contributed by atoms with Crippen LogP contribution < -0.4 is 0 Å². The Balaban J connectivity index is 2.63. The van der Waals surface area contributed by atoms with E-state index in [4.69, 9.17) is 14.9 Å². The lowest BCUT2D eigenvalue weighted by Gasteiger charge is -2.07. The molecule has 3 nitrogen and oxygen atoms in total. The first kappa shape index (κ1) is 10.0. The minimum atomic E-state index is 0.483. The Labute approximate surface area is 78.6 Å². The Kier molecular flexibility index (Phi) is 3.73. The molecule has 0 saturated heterocycles. The molecule has 0 saturated carbocycles. The summed E-state index contributed by atoms with van der Waals surface area (Å²) in [5, 5.41) is 7.79. The summed E-state index contributed by atoms with van der Waals surface area (Å²) in [5.41, 5.74) is 2.32. The molecule has 0 aliphatic heterocycles. The van der Waals surface area contributed by atoms with E-state index >= 15 is 0 Å². The van der Waals surface area contributed by atoms with E-state index < -0.39 is 0 Å². The fraction of sp³-hybridized carbons (Fsp3) is 0.400. The number of hydrogen-bond donors (Lipinski definition) is 1. The molecule has 0 bridgehead atoms. The topological polar surface area (TPSA) is 42.3 Å². The van der Waals surface area contributed by atoms with Crippen molar-refractivity contribution in [3.63, 3.8) is 0 Å². The second kappa shape index (κ2) is 4.84. The molecule has 0 aromatic carbocycles. The highest BCUT2D eigenvalue weighted by Crippen LogP contribution is 2.14. The summed E-state index contributed by atoms with van der Waals surface area (Å²) in [6, 6.07) is 0. The van der Waals surface area contributed by atoms with Gasteiger partial charge in [-0.15, -0.1) is 0 Å².